The molecule has 0 N–H and O–H groups in total. The smallest absolute Gasteiger partial charge is 0.314 e. The lowest BCUT2D eigenvalue weighted by Gasteiger charge is -2.08. The summed E-state index contributed by atoms with van der Waals surface area (Å²) in [6.07, 6.45) is 2.85. The van der Waals surface area contributed by atoms with Crippen LogP contribution in [0.25, 0.3) is 16.9 Å². The Morgan fingerprint density at radius 2 is 1.81 bits per heavy atom. The number of rotatable bonds is 4. The zero-order valence-electron chi connectivity index (χ0n) is 15.4. The van der Waals surface area contributed by atoms with E-state index in [2.05, 4.69) is 16.5 Å². The zero-order valence-corrected chi connectivity index (χ0v) is 16.2. The first-order valence-corrected chi connectivity index (χ1v) is 9.22. The monoisotopic (exact) mass is 385 g/mol. The molecule has 0 fully saturated rings. The zero-order chi connectivity index (χ0) is 19.3. The number of hydrogen-bond acceptors (Lipinski definition) is 3. The van der Waals surface area contributed by atoms with Crippen molar-refractivity contribution in [2.75, 3.05) is 0 Å². The summed E-state index contributed by atoms with van der Waals surface area (Å²) in [4.78, 5) is 30.6. The number of fused-ring (bicyclic) bond motifs is 3. The maximum atomic E-state index is 13.2. The van der Waals surface area contributed by atoms with Crippen molar-refractivity contribution in [2.45, 2.75) is 33.4 Å². The van der Waals surface area contributed by atoms with Crippen molar-refractivity contribution in [3.63, 3.8) is 0 Å². The van der Waals surface area contributed by atoms with E-state index >= 15 is 0 Å². The van der Waals surface area contributed by atoms with Crippen LogP contribution in [-0.2, 0) is 20.1 Å². The Kier molecular flexibility index (Phi) is 4.19. The first-order chi connectivity index (χ1) is 12.9. The molecule has 0 amide bonds. The molecule has 0 atom stereocenters. The highest BCUT2D eigenvalue weighted by atomic mass is 35.5. The van der Waals surface area contributed by atoms with Crippen molar-refractivity contribution in [3.8, 4) is 0 Å². The molecule has 4 aromatic rings. The van der Waals surface area contributed by atoms with E-state index in [-0.39, 0.29) is 17.8 Å². The van der Waals surface area contributed by atoms with Gasteiger partial charge in [0.05, 0.1) is 6.54 Å². The van der Waals surface area contributed by atoms with Crippen molar-refractivity contribution in [1.29, 1.82) is 0 Å². The minimum absolute atomic E-state index is 0.181. The molecular formula is C19H20ClN5O2. The molecular weight excluding hydrogens is 366 g/mol. The molecule has 0 unspecified atom stereocenters. The summed E-state index contributed by atoms with van der Waals surface area (Å²) in [5.41, 5.74) is 1.94. The maximum absolute atomic E-state index is 13.2. The third-order valence-electron chi connectivity index (χ3n) is 4.84. The van der Waals surface area contributed by atoms with Gasteiger partial charge in [0.15, 0.2) is 11.2 Å². The normalized spacial score (nSPS) is 11.7. The molecule has 0 saturated carbocycles. The molecule has 3 heterocycles. The van der Waals surface area contributed by atoms with Crippen LogP contribution >= 0.6 is 11.6 Å². The van der Waals surface area contributed by atoms with Crippen LogP contribution in [-0.4, -0.2) is 23.1 Å². The molecule has 140 valence electrons. The van der Waals surface area contributed by atoms with Gasteiger partial charge in [-0.15, -0.1) is 0 Å². The molecule has 7 nitrogen and oxygen atoms in total. The maximum Gasteiger partial charge on any atom is 0.332 e. The quantitative estimate of drug-likeness (QED) is 0.542. The van der Waals surface area contributed by atoms with Crippen LogP contribution in [0.4, 0.5) is 0 Å². The number of hydrogen-bond donors (Lipinski definition) is 0. The second kappa shape index (κ2) is 6.42. The molecule has 3 aromatic heterocycles. The summed E-state index contributed by atoms with van der Waals surface area (Å²) in [6, 6.07) is 7.12. The van der Waals surface area contributed by atoms with Gasteiger partial charge < -0.3 is 4.57 Å². The Labute approximate surface area is 160 Å². The number of benzene rings is 1. The summed E-state index contributed by atoms with van der Waals surface area (Å²) >= 11 is 5.93. The molecule has 0 aliphatic rings. The van der Waals surface area contributed by atoms with Crippen molar-refractivity contribution in [2.24, 2.45) is 7.05 Å². The standard InChI is InChI=1S/C19H20ClN5O2/c1-4-9-23-12(2)10-24-15-16(21-18(23)24)22(3)19(27)25(17(15)26)11-13-5-7-14(20)8-6-13/h5-8,10H,4,9,11H2,1-3H3. The fourth-order valence-electron chi connectivity index (χ4n) is 3.47. The number of halogens is 1. The Morgan fingerprint density at radius 3 is 2.48 bits per heavy atom. The van der Waals surface area contributed by atoms with Crippen LogP contribution in [0.1, 0.15) is 24.6 Å². The van der Waals surface area contributed by atoms with Crippen molar-refractivity contribution >= 4 is 28.5 Å². The van der Waals surface area contributed by atoms with Gasteiger partial charge >= 0.3 is 5.69 Å². The largest absolute Gasteiger partial charge is 0.332 e. The Balaban J connectivity index is 1.99. The average Bonchev–Trinajstić information content (AvgIpc) is 3.15. The highest BCUT2D eigenvalue weighted by Gasteiger charge is 2.20. The van der Waals surface area contributed by atoms with Gasteiger partial charge in [-0.2, -0.15) is 4.98 Å². The Hall–Kier alpha value is -2.80. The predicted octanol–water partition coefficient (Wildman–Crippen LogP) is 2.57. The van der Waals surface area contributed by atoms with Crippen LogP contribution in [0.15, 0.2) is 40.1 Å². The average molecular weight is 386 g/mol. The minimum Gasteiger partial charge on any atom is -0.314 e. The van der Waals surface area contributed by atoms with Gasteiger partial charge in [-0.05, 0) is 31.0 Å². The van der Waals surface area contributed by atoms with Crippen molar-refractivity contribution in [3.05, 3.63) is 67.6 Å². The van der Waals surface area contributed by atoms with Gasteiger partial charge in [0.1, 0.15) is 0 Å². The van der Waals surface area contributed by atoms with Crippen LogP contribution in [0.5, 0.6) is 0 Å². The number of aryl methyl sites for hydroxylation is 3. The molecule has 8 heteroatoms. The second-order valence-electron chi connectivity index (χ2n) is 6.74. The summed E-state index contributed by atoms with van der Waals surface area (Å²) in [7, 11) is 1.64. The lowest BCUT2D eigenvalue weighted by molar-refractivity contribution is 0.656. The first kappa shape index (κ1) is 17.6. The predicted molar refractivity (Wildman–Crippen MR) is 106 cm³/mol. The van der Waals surface area contributed by atoms with Gasteiger partial charge in [0, 0.05) is 30.5 Å². The second-order valence-corrected chi connectivity index (χ2v) is 7.17. The van der Waals surface area contributed by atoms with Crippen LogP contribution in [0.2, 0.25) is 5.02 Å². The van der Waals surface area contributed by atoms with Crippen molar-refractivity contribution in [1.82, 2.24) is 23.1 Å². The van der Waals surface area contributed by atoms with E-state index in [0.717, 1.165) is 24.2 Å². The summed E-state index contributed by atoms with van der Waals surface area (Å²) in [6.45, 7) is 5.07. The van der Waals surface area contributed by atoms with Gasteiger partial charge in [-0.3, -0.25) is 18.3 Å². The molecule has 1 aromatic carbocycles. The van der Waals surface area contributed by atoms with E-state index < -0.39 is 0 Å². The molecule has 4 rings (SSSR count). The van der Waals surface area contributed by atoms with Gasteiger partial charge in [-0.25, -0.2) is 4.79 Å². The molecule has 27 heavy (non-hydrogen) atoms. The highest BCUT2D eigenvalue weighted by Crippen LogP contribution is 2.17. The van der Waals surface area contributed by atoms with E-state index in [0.29, 0.717) is 22.0 Å². The number of nitrogens with zero attached hydrogens (tertiary/aromatic N) is 5. The lowest BCUT2D eigenvalue weighted by Crippen LogP contribution is -2.39. The SMILES string of the molecule is CCCn1c(C)cn2c3c(=O)n(Cc4ccc(Cl)cc4)c(=O)n(C)c3nc12. The van der Waals surface area contributed by atoms with Crippen LogP contribution in [0, 0.1) is 6.92 Å². The van der Waals surface area contributed by atoms with Crippen molar-refractivity contribution < 1.29 is 0 Å². The fraction of sp³-hybridized carbons (Fsp3) is 0.316. The molecule has 0 saturated heterocycles. The highest BCUT2D eigenvalue weighted by molar-refractivity contribution is 6.30. The summed E-state index contributed by atoms with van der Waals surface area (Å²) in [5, 5.41) is 0.611. The number of imidazole rings is 2. The first-order valence-electron chi connectivity index (χ1n) is 8.84. The van der Waals surface area contributed by atoms with Crippen LogP contribution < -0.4 is 11.2 Å². The topological polar surface area (TPSA) is 66.2 Å². The third kappa shape index (κ3) is 2.70. The third-order valence-corrected chi connectivity index (χ3v) is 5.09. The van der Waals surface area contributed by atoms with E-state index in [4.69, 9.17) is 11.6 Å². The minimum atomic E-state index is -0.387. The van der Waals surface area contributed by atoms with E-state index in [1.807, 2.05) is 25.3 Å². The Morgan fingerprint density at radius 1 is 1.11 bits per heavy atom. The van der Waals surface area contributed by atoms with Gasteiger partial charge in [0.25, 0.3) is 5.56 Å². The fourth-order valence-corrected chi connectivity index (χ4v) is 3.59. The van der Waals surface area contributed by atoms with E-state index in [1.54, 1.807) is 23.6 Å². The van der Waals surface area contributed by atoms with E-state index in [9.17, 15) is 9.59 Å². The molecule has 0 bridgehead atoms. The van der Waals surface area contributed by atoms with Gasteiger partial charge in [0.2, 0.25) is 5.78 Å². The summed E-state index contributed by atoms with van der Waals surface area (Å²) in [5.74, 6) is 0.681. The molecule has 0 radical (unpaired) electrons. The molecule has 0 aliphatic carbocycles. The summed E-state index contributed by atoms with van der Waals surface area (Å²) < 4.78 is 6.53. The van der Waals surface area contributed by atoms with E-state index in [1.165, 1.54) is 9.13 Å². The Bertz CT molecular complexity index is 1270. The molecule has 0 aliphatic heterocycles. The molecule has 0 spiro atoms. The van der Waals surface area contributed by atoms with Crippen LogP contribution in [0.3, 0.4) is 0 Å². The van der Waals surface area contributed by atoms with Gasteiger partial charge in [-0.1, -0.05) is 30.7 Å². The lowest BCUT2D eigenvalue weighted by atomic mass is 10.2. The number of aromatic nitrogens is 5.